The van der Waals surface area contributed by atoms with Gasteiger partial charge in [-0.25, -0.2) is 9.97 Å². The molecule has 0 spiro atoms. The highest BCUT2D eigenvalue weighted by Gasteiger charge is 2.11. The predicted octanol–water partition coefficient (Wildman–Crippen LogP) is -0.00470. The highest BCUT2D eigenvalue weighted by atomic mass is 16.2. The molecule has 6 nitrogen and oxygen atoms in total. The van der Waals surface area contributed by atoms with Gasteiger partial charge in [-0.2, -0.15) is 0 Å². The van der Waals surface area contributed by atoms with Gasteiger partial charge in [0.25, 0.3) is 0 Å². The van der Waals surface area contributed by atoms with Gasteiger partial charge >= 0.3 is 0 Å². The Balaban J connectivity index is 2.58. The first-order chi connectivity index (χ1) is 7.13. The molecule has 0 radical (unpaired) electrons. The van der Waals surface area contributed by atoms with E-state index in [-0.39, 0.29) is 11.9 Å². The van der Waals surface area contributed by atoms with Crippen LogP contribution in [0.2, 0.25) is 0 Å². The van der Waals surface area contributed by atoms with Crippen LogP contribution in [0.5, 0.6) is 0 Å². The Kier molecular flexibility index (Phi) is 3.84. The van der Waals surface area contributed by atoms with Crippen molar-refractivity contribution in [2.45, 2.75) is 19.9 Å². The second kappa shape index (κ2) is 5.14. The van der Waals surface area contributed by atoms with E-state index in [1.807, 2.05) is 6.92 Å². The van der Waals surface area contributed by atoms with Gasteiger partial charge in [0, 0.05) is 12.6 Å². The third-order valence-electron chi connectivity index (χ3n) is 1.80. The highest BCUT2D eigenvalue weighted by Crippen LogP contribution is 2.06. The van der Waals surface area contributed by atoms with Gasteiger partial charge < -0.3 is 16.4 Å². The summed E-state index contributed by atoms with van der Waals surface area (Å²) in [5.41, 5.74) is 5.48. The first kappa shape index (κ1) is 11.2. The average molecular weight is 209 g/mol. The van der Waals surface area contributed by atoms with Crippen LogP contribution in [0.25, 0.3) is 0 Å². The number of carbonyl (C=O) groups is 1. The van der Waals surface area contributed by atoms with Crippen LogP contribution < -0.4 is 16.4 Å². The summed E-state index contributed by atoms with van der Waals surface area (Å²) < 4.78 is 0. The zero-order valence-corrected chi connectivity index (χ0v) is 8.82. The predicted molar refractivity (Wildman–Crippen MR) is 58.2 cm³/mol. The zero-order chi connectivity index (χ0) is 11.3. The summed E-state index contributed by atoms with van der Waals surface area (Å²) in [5, 5.41) is 5.63. The van der Waals surface area contributed by atoms with Crippen LogP contribution in [-0.2, 0) is 4.79 Å². The molecule has 0 fully saturated rings. The number of hydrogen-bond donors (Lipinski definition) is 3. The molecule has 1 heterocycles. The first-order valence-electron chi connectivity index (χ1n) is 4.75. The number of hydrogen-bond acceptors (Lipinski definition) is 5. The molecule has 0 saturated heterocycles. The monoisotopic (exact) mass is 209 g/mol. The van der Waals surface area contributed by atoms with Gasteiger partial charge in [-0.3, -0.25) is 4.79 Å². The number of aromatic nitrogens is 2. The maximum absolute atomic E-state index is 11.4. The summed E-state index contributed by atoms with van der Waals surface area (Å²) in [4.78, 5) is 19.1. The number of anilines is 2. The number of rotatable bonds is 4. The van der Waals surface area contributed by atoms with Crippen LogP contribution >= 0.6 is 0 Å². The first-order valence-corrected chi connectivity index (χ1v) is 4.75. The lowest BCUT2D eigenvalue weighted by Crippen LogP contribution is -2.37. The van der Waals surface area contributed by atoms with Gasteiger partial charge in [0.1, 0.15) is 24.0 Å². The fourth-order valence-corrected chi connectivity index (χ4v) is 1.07. The molecule has 0 bridgehead atoms. The van der Waals surface area contributed by atoms with Gasteiger partial charge in [0.15, 0.2) is 0 Å². The molecule has 0 aliphatic rings. The van der Waals surface area contributed by atoms with Crippen molar-refractivity contribution in [3.8, 4) is 0 Å². The Morgan fingerprint density at radius 1 is 1.60 bits per heavy atom. The van der Waals surface area contributed by atoms with Crippen molar-refractivity contribution in [2.75, 3.05) is 17.6 Å². The van der Waals surface area contributed by atoms with Crippen molar-refractivity contribution in [1.82, 2.24) is 15.3 Å². The Morgan fingerprint density at radius 2 is 2.33 bits per heavy atom. The number of amides is 1. The summed E-state index contributed by atoms with van der Waals surface area (Å²) >= 11 is 0. The summed E-state index contributed by atoms with van der Waals surface area (Å²) in [6.07, 6.45) is 1.35. The summed E-state index contributed by atoms with van der Waals surface area (Å²) in [5.74, 6) is 0.839. The molecule has 15 heavy (non-hydrogen) atoms. The molecule has 0 aliphatic carbocycles. The molecule has 0 aliphatic heterocycles. The van der Waals surface area contributed by atoms with Crippen molar-refractivity contribution in [3.63, 3.8) is 0 Å². The van der Waals surface area contributed by atoms with Crippen molar-refractivity contribution in [2.24, 2.45) is 0 Å². The topological polar surface area (TPSA) is 92.9 Å². The molecular weight excluding hydrogens is 194 g/mol. The molecule has 1 aromatic heterocycles. The van der Waals surface area contributed by atoms with E-state index in [0.717, 1.165) is 0 Å². The number of likely N-dealkylation sites (N-methyl/N-ethyl adjacent to an activating group) is 1. The lowest BCUT2D eigenvalue weighted by molar-refractivity contribution is -0.121. The van der Waals surface area contributed by atoms with E-state index in [0.29, 0.717) is 18.2 Å². The molecule has 1 unspecified atom stereocenters. The molecule has 0 saturated carbocycles. The van der Waals surface area contributed by atoms with E-state index < -0.39 is 0 Å². The van der Waals surface area contributed by atoms with E-state index in [2.05, 4.69) is 20.6 Å². The Bertz CT molecular complexity index is 341. The second-order valence-electron chi connectivity index (χ2n) is 3.09. The van der Waals surface area contributed by atoms with E-state index >= 15 is 0 Å². The van der Waals surface area contributed by atoms with Crippen LogP contribution in [-0.4, -0.2) is 28.5 Å². The van der Waals surface area contributed by atoms with Crippen LogP contribution in [0.4, 0.5) is 11.6 Å². The summed E-state index contributed by atoms with van der Waals surface area (Å²) in [7, 11) is 0. The van der Waals surface area contributed by atoms with E-state index in [1.54, 1.807) is 13.0 Å². The highest BCUT2D eigenvalue weighted by molar-refractivity contribution is 5.83. The normalized spacial score (nSPS) is 11.9. The maximum Gasteiger partial charge on any atom is 0.242 e. The lowest BCUT2D eigenvalue weighted by atomic mass is 10.3. The van der Waals surface area contributed by atoms with E-state index in [1.165, 1.54) is 6.33 Å². The SMILES string of the molecule is CCNC(=O)C(C)Nc1cc(N)ncn1. The molecule has 82 valence electrons. The Labute approximate surface area is 88.3 Å². The van der Waals surface area contributed by atoms with Gasteiger partial charge in [0.05, 0.1) is 0 Å². The number of carbonyl (C=O) groups excluding carboxylic acids is 1. The molecule has 6 heteroatoms. The van der Waals surface area contributed by atoms with Crippen molar-refractivity contribution >= 4 is 17.5 Å². The quantitative estimate of drug-likeness (QED) is 0.648. The van der Waals surface area contributed by atoms with Gasteiger partial charge in [-0.1, -0.05) is 0 Å². The van der Waals surface area contributed by atoms with Crippen molar-refractivity contribution in [3.05, 3.63) is 12.4 Å². The van der Waals surface area contributed by atoms with Gasteiger partial charge in [0.2, 0.25) is 5.91 Å². The minimum absolute atomic E-state index is 0.0744. The average Bonchev–Trinajstić information content (AvgIpc) is 2.18. The third kappa shape index (κ3) is 3.41. The molecular formula is C9H15N5O. The standard InChI is InChI=1S/C9H15N5O/c1-3-11-9(15)6(2)14-8-4-7(10)12-5-13-8/h4-6H,3H2,1-2H3,(H,11,15)(H3,10,12,13,14). The zero-order valence-electron chi connectivity index (χ0n) is 8.82. The maximum atomic E-state index is 11.4. The lowest BCUT2D eigenvalue weighted by Gasteiger charge is -2.13. The minimum atomic E-state index is -0.348. The summed E-state index contributed by atoms with van der Waals surface area (Å²) in [6.45, 7) is 4.23. The van der Waals surface area contributed by atoms with Crippen LogP contribution in [0.1, 0.15) is 13.8 Å². The fourth-order valence-electron chi connectivity index (χ4n) is 1.07. The third-order valence-corrected chi connectivity index (χ3v) is 1.80. The van der Waals surface area contributed by atoms with Gasteiger partial charge in [-0.05, 0) is 13.8 Å². The summed E-state index contributed by atoms with van der Waals surface area (Å²) in [6, 6.07) is 1.23. The molecule has 1 atom stereocenters. The number of nitrogens with one attached hydrogen (secondary N) is 2. The Hall–Kier alpha value is -1.85. The largest absolute Gasteiger partial charge is 0.384 e. The number of nitrogens with two attached hydrogens (primary N) is 1. The van der Waals surface area contributed by atoms with Crippen molar-refractivity contribution in [1.29, 1.82) is 0 Å². The second-order valence-corrected chi connectivity index (χ2v) is 3.09. The molecule has 1 rings (SSSR count). The van der Waals surface area contributed by atoms with Crippen LogP contribution in [0, 0.1) is 0 Å². The molecule has 1 amide bonds. The molecule has 4 N–H and O–H groups in total. The number of nitrogens with zero attached hydrogens (tertiary/aromatic N) is 2. The van der Waals surface area contributed by atoms with Crippen molar-refractivity contribution < 1.29 is 4.79 Å². The van der Waals surface area contributed by atoms with Crippen LogP contribution in [0.3, 0.4) is 0 Å². The smallest absolute Gasteiger partial charge is 0.242 e. The van der Waals surface area contributed by atoms with E-state index in [4.69, 9.17) is 5.73 Å². The Morgan fingerprint density at radius 3 is 2.93 bits per heavy atom. The van der Waals surface area contributed by atoms with E-state index in [9.17, 15) is 4.79 Å². The minimum Gasteiger partial charge on any atom is -0.384 e. The van der Waals surface area contributed by atoms with Gasteiger partial charge in [-0.15, -0.1) is 0 Å². The number of nitrogen functional groups attached to an aromatic ring is 1. The van der Waals surface area contributed by atoms with Crippen LogP contribution in [0.15, 0.2) is 12.4 Å². The fraction of sp³-hybridized carbons (Fsp3) is 0.444. The molecule has 1 aromatic rings. The molecule has 0 aromatic carbocycles.